The minimum Gasteiger partial charge on any atom is -0.271 e. The van der Waals surface area contributed by atoms with Crippen molar-refractivity contribution in [2.75, 3.05) is 0 Å². The number of nitrogens with two attached hydrogens (primary N) is 1. The Morgan fingerprint density at radius 1 is 1.35 bits per heavy atom. The second-order valence-corrected chi connectivity index (χ2v) is 5.84. The lowest BCUT2D eigenvalue weighted by atomic mass is 10.0. The van der Waals surface area contributed by atoms with E-state index < -0.39 is 0 Å². The molecule has 108 valence electrons. The number of aromatic nitrogens is 2. The van der Waals surface area contributed by atoms with Crippen molar-refractivity contribution in [2.45, 2.75) is 38.8 Å². The van der Waals surface area contributed by atoms with Crippen LogP contribution in [0.15, 0.2) is 41.0 Å². The van der Waals surface area contributed by atoms with Crippen molar-refractivity contribution < 1.29 is 0 Å². The van der Waals surface area contributed by atoms with Crippen LogP contribution in [0, 0.1) is 0 Å². The van der Waals surface area contributed by atoms with E-state index in [4.69, 9.17) is 5.84 Å². The van der Waals surface area contributed by atoms with Gasteiger partial charge < -0.3 is 0 Å². The predicted molar refractivity (Wildman–Crippen MR) is 85.1 cm³/mol. The average molecular weight is 337 g/mol. The molecule has 0 amide bonds. The van der Waals surface area contributed by atoms with Crippen LogP contribution in [-0.2, 0) is 6.42 Å². The molecule has 0 saturated carbocycles. The van der Waals surface area contributed by atoms with Crippen molar-refractivity contribution in [3.63, 3.8) is 0 Å². The van der Waals surface area contributed by atoms with E-state index in [0.717, 1.165) is 28.6 Å². The van der Waals surface area contributed by atoms with Gasteiger partial charge in [-0.3, -0.25) is 16.0 Å². The van der Waals surface area contributed by atoms with Crippen LogP contribution in [0.3, 0.4) is 0 Å². The zero-order valence-corrected chi connectivity index (χ0v) is 13.5. The molecule has 4 nitrogen and oxygen atoms in total. The van der Waals surface area contributed by atoms with E-state index >= 15 is 0 Å². The molecule has 0 aliphatic carbocycles. The lowest BCUT2D eigenvalue weighted by molar-refractivity contribution is 0.467. The molecule has 2 aromatic rings. The van der Waals surface area contributed by atoms with E-state index in [1.54, 1.807) is 0 Å². The maximum Gasteiger partial charge on any atom is 0.0644 e. The van der Waals surface area contributed by atoms with Gasteiger partial charge in [0.1, 0.15) is 0 Å². The number of hydrogen-bond donors (Lipinski definition) is 2. The molecule has 0 aliphatic heterocycles. The zero-order chi connectivity index (χ0) is 14.5. The zero-order valence-electron chi connectivity index (χ0n) is 11.9. The van der Waals surface area contributed by atoms with Gasteiger partial charge in [-0.05, 0) is 31.0 Å². The Kier molecular flexibility index (Phi) is 5.34. The lowest BCUT2D eigenvalue weighted by Crippen LogP contribution is -2.30. The molecule has 3 N–H and O–H groups in total. The van der Waals surface area contributed by atoms with Crippen molar-refractivity contribution in [2.24, 2.45) is 5.84 Å². The van der Waals surface area contributed by atoms with E-state index in [-0.39, 0.29) is 6.04 Å². The summed E-state index contributed by atoms with van der Waals surface area (Å²) in [7, 11) is 0. The Hall–Kier alpha value is -1.17. The highest BCUT2D eigenvalue weighted by Gasteiger charge is 2.15. The molecule has 2 rings (SSSR count). The van der Waals surface area contributed by atoms with Crippen molar-refractivity contribution in [3.8, 4) is 0 Å². The minimum absolute atomic E-state index is 0.0471. The van der Waals surface area contributed by atoms with Crippen molar-refractivity contribution in [3.05, 3.63) is 52.3 Å². The van der Waals surface area contributed by atoms with Crippen molar-refractivity contribution >= 4 is 15.9 Å². The van der Waals surface area contributed by atoms with Crippen LogP contribution in [-0.4, -0.2) is 9.78 Å². The highest BCUT2D eigenvalue weighted by atomic mass is 79.9. The summed E-state index contributed by atoms with van der Waals surface area (Å²) in [5.74, 6) is 5.71. The summed E-state index contributed by atoms with van der Waals surface area (Å²) in [6, 6.07) is 10.6. The van der Waals surface area contributed by atoms with Crippen LogP contribution >= 0.6 is 15.9 Å². The van der Waals surface area contributed by atoms with Gasteiger partial charge in [0.15, 0.2) is 0 Å². The molecule has 0 aliphatic rings. The van der Waals surface area contributed by atoms with Crippen LogP contribution < -0.4 is 11.3 Å². The number of nitrogens with zero attached hydrogens (tertiary/aromatic N) is 2. The number of hydrogen-bond acceptors (Lipinski definition) is 3. The second kappa shape index (κ2) is 7.02. The summed E-state index contributed by atoms with van der Waals surface area (Å²) >= 11 is 3.57. The van der Waals surface area contributed by atoms with Crippen molar-refractivity contribution in [1.82, 2.24) is 15.2 Å². The smallest absolute Gasteiger partial charge is 0.0644 e. The molecule has 2 atom stereocenters. The third-order valence-corrected chi connectivity index (χ3v) is 4.32. The van der Waals surface area contributed by atoms with Crippen molar-refractivity contribution in [1.29, 1.82) is 0 Å². The highest BCUT2D eigenvalue weighted by molar-refractivity contribution is 9.10. The fourth-order valence-corrected chi connectivity index (χ4v) is 2.71. The Balaban J connectivity index is 2.15. The minimum atomic E-state index is 0.0471. The summed E-state index contributed by atoms with van der Waals surface area (Å²) in [4.78, 5) is 0. The average Bonchev–Trinajstić information content (AvgIpc) is 2.93. The molecule has 1 aromatic heterocycles. The highest BCUT2D eigenvalue weighted by Crippen LogP contribution is 2.25. The third-order valence-electron chi connectivity index (χ3n) is 3.60. The van der Waals surface area contributed by atoms with E-state index in [0.29, 0.717) is 6.04 Å². The van der Waals surface area contributed by atoms with Gasteiger partial charge >= 0.3 is 0 Å². The molecular formula is C15H21BrN4. The number of hydrazine groups is 1. The van der Waals surface area contributed by atoms with E-state index in [1.807, 2.05) is 29.1 Å². The Morgan fingerprint density at radius 3 is 2.75 bits per heavy atom. The summed E-state index contributed by atoms with van der Waals surface area (Å²) in [6.45, 7) is 4.33. The number of nitrogens with one attached hydrogen (secondary N) is 1. The molecule has 2 unspecified atom stereocenters. The van der Waals surface area contributed by atoms with Crippen LogP contribution in [0.4, 0.5) is 0 Å². The first-order chi connectivity index (χ1) is 9.65. The number of rotatable bonds is 6. The molecule has 0 radical (unpaired) electrons. The maximum absolute atomic E-state index is 5.71. The monoisotopic (exact) mass is 336 g/mol. The standard InChI is InChI=1S/C15H21BrN4/c1-3-11(2)20-9-8-12(19-20)10-15(18-17)13-6-4-5-7-14(13)16/h4-9,11,15,18H,3,10,17H2,1-2H3. The first kappa shape index (κ1) is 15.2. The number of benzene rings is 1. The molecule has 20 heavy (non-hydrogen) atoms. The summed E-state index contributed by atoms with van der Waals surface area (Å²) in [5, 5.41) is 4.63. The van der Waals surface area contributed by atoms with Gasteiger partial charge in [-0.2, -0.15) is 5.10 Å². The van der Waals surface area contributed by atoms with E-state index in [1.165, 1.54) is 0 Å². The molecule has 1 heterocycles. The van der Waals surface area contributed by atoms with Crippen LogP contribution in [0.5, 0.6) is 0 Å². The summed E-state index contributed by atoms with van der Waals surface area (Å²) in [6.07, 6.45) is 3.88. The quantitative estimate of drug-likeness (QED) is 0.628. The number of halogens is 1. The van der Waals surface area contributed by atoms with Crippen LogP contribution in [0.25, 0.3) is 0 Å². The van der Waals surface area contributed by atoms with E-state index in [2.05, 4.69) is 52.4 Å². The Bertz CT molecular complexity index is 552. The van der Waals surface area contributed by atoms with Gasteiger partial charge in [0.2, 0.25) is 0 Å². The van der Waals surface area contributed by atoms with Gasteiger partial charge in [0.05, 0.1) is 11.7 Å². The third kappa shape index (κ3) is 3.48. The van der Waals surface area contributed by atoms with Gasteiger partial charge in [-0.15, -0.1) is 0 Å². The molecular weight excluding hydrogens is 316 g/mol. The fourth-order valence-electron chi connectivity index (χ4n) is 2.14. The van der Waals surface area contributed by atoms with Gasteiger partial charge in [-0.1, -0.05) is 41.1 Å². The summed E-state index contributed by atoms with van der Waals surface area (Å²) < 4.78 is 3.08. The molecule has 0 fully saturated rings. The molecule has 0 bridgehead atoms. The predicted octanol–water partition coefficient (Wildman–Crippen LogP) is 3.36. The molecule has 1 aromatic carbocycles. The van der Waals surface area contributed by atoms with Gasteiger partial charge in [0.25, 0.3) is 0 Å². The van der Waals surface area contributed by atoms with Gasteiger partial charge in [0, 0.05) is 23.1 Å². The normalized spacial score (nSPS) is 14.2. The lowest BCUT2D eigenvalue weighted by Gasteiger charge is -2.16. The topological polar surface area (TPSA) is 55.9 Å². The molecule has 5 heteroatoms. The second-order valence-electron chi connectivity index (χ2n) is 4.99. The van der Waals surface area contributed by atoms with Gasteiger partial charge in [-0.25, -0.2) is 0 Å². The largest absolute Gasteiger partial charge is 0.271 e. The SMILES string of the molecule is CCC(C)n1ccc(CC(NN)c2ccccc2Br)n1. The first-order valence-corrected chi connectivity index (χ1v) is 7.69. The maximum atomic E-state index is 5.71. The molecule has 0 spiro atoms. The van der Waals surface area contributed by atoms with Crippen LogP contribution in [0.1, 0.15) is 43.6 Å². The summed E-state index contributed by atoms with van der Waals surface area (Å²) in [5.41, 5.74) is 5.07. The molecule has 0 saturated heterocycles. The Labute approximate surface area is 128 Å². The van der Waals surface area contributed by atoms with E-state index in [9.17, 15) is 0 Å². The fraction of sp³-hybridized carbons (Fsp3) is 0.400. The first-order valence-electron chi connectivity index (χ1n) is 6.90. The van der Waals surface area contributed by atoms with Crippen LogP contribution in [0.2, 0.25) is 0 Å². The Morgan fingerprint density at radius 2 is 2.10 bits per heavy atom.